The molecule has 1 amide bonds. The fourth-order valence-electron chi connectivity index (χ4n) is 2.81. The Kier molecular flexibility index (Phi) is 6.02. The number of rotatable bonds is 6. The fourth-order valence-corrected chi connectivity index (χ4v) is 2.81. The first-order valence-electron chi connectivity index (χ1n) is 7.83. The number of nitrogens with one attached hydrogen (secondary N) is 3. The molecule has 3 N–H and O–H groups in total. The van der Waals surface area contributed by atoms with Crippen molar-refractivity contribution in [2.24, 2.45) is 0 Å². The van der Waals surface area contributed by atoms with Gasteiger partial charge in [0.1, 0.15) is 31.9 Å². The minimum absolute atomic E-state index is 0.0669. The minimum atomic E-state index is 0.0669. The molecule has 5 nitrogen and oxygen atoms in total. The maximum atomic E-state index is 12.1. The Hall–Kier alpha value is -1.59. The zero-order valence-electron chi connectivity index (χ0n) is 13.1. The molecule has 1 fully saturated rings. The van der Waals surface area contributed by atoms with Crippen molar-refractivity contribution in [2.45, 2.75) is 13.3 Å². The number of hydrogen-bond donors (Lipinski definition) is 3. The first kappa shape index (κ1) is 15.8. The molecule has 0 radical (unpaired) electrons. The highest BCUT2D eigenvalue weighted by atomic mass is 16.5. The molecule has 1 saturated heterocycles. The molecule has 0 spiro atoms. The Morgan fingerprint density at radius 1 is 1.19 bits per heavy atom. The zero-order valence-corrected chi connectivity index (χ0v) is 13.1. The Bertz CT molecular complexity index is 457. The van der Waals surface area contributed by atoms with Crippen molar-refractivity contribution in [3.05, 3.63) is 24.3 Å². The fraction of sp³-hybridized carbons (Fsp3) is 0.562. The third kappa shape index (κ3) is 4.72. The first-order chi connectivity index (χ1) is 10.2. The molecule has 0 saturated carbocycles. The smallest absolute Gasteiger partial charge is 0.230 e. The molecule has 1 heterocycles. The monoisotopic (exact) mass is 293 g/mol. The van der Waals surface area contributed by atoms with E-state index in [-0.39, 0.29) is 5.91 Å². The van der Waals surface area contributed by atoms with E-state index in [9.17, 15) is 4.79 Å². The van der Waals surface area contributed by atoms with Crippen LogP contribution in [0.3, 0.4) is 0 Å². The number of carbonyl (C=O) groups excluding carboxylic acids is 1. The molecule has 1 aromatic carbocycles. The SMILES string of the molecule is CC[NH+]1CC[NH+](CCC(=O)Nc2ccccc2OC)CC1. The van der Waals surface area contributed by atoms with Crippen LogP contribution < -0.4 is 19.9 Å². The van der Waals surface area contributed by atoms with Crippen LogP contribution in [-0.2, 0) is 4.79 Å². The predicted molar refractivity (Wildman–Crippen MR) is 83.0 cm³/mol. The molecule has 0 unspecified atom stereocenters. The van der Waals surface area contributed by atoms with Gasteiger partial charge in [-0.3, -0.25) is 4.79 Å². The number of ether oxygens (including phenoxy) is 1. The predicted octanol–water partition coefficient (Wildman–Crippen LogP) is -1.17. The summed E-state index contributed by atoms with van der Waals surface area (Å²) in [5.74, 6) is 0.774. The first-order valence-corrected chi connectivity index (χ1v) is 7.83. The van der Waals surface area contributed by atoms with Crippen LogP contribution >= 0.6 is 0 Å². The Morgan fingerprint density at radius 3 is 2.52 bits per heavy atom. The molecule has 21 heavy (non-hydrogen) atoms. The molecule has 0 aliphatic carbocycles. The van der Waals surface area contributed by atoms with Crippen molar-refractivity contribution in [2.75, 3.05) is 51.7 Å². The quantitative estimate of drug-likeness (QED) is 0.619. The third-order valence-electron chi connectivity index (χ3n) is 4.25. The van der Waals surface area contributed by atoms with Crippen LogP contribution in [0.4, 0.5) is 5.69 Å². The summed E-state index contributed by atoms with van der Waals surface area (Å²) in [6.45, 7) is 9.15. The van der Waals surface area contributed by atoms with Crippen LogP contribution in [0.25, 0.3) is 0 Å². The number of amides is 1. The Labute approximate surface area is 126 Å². The number of likely N-dealkylation sites (N-methyl/N-ethyl adjacent to an activating group) is 1. The summed E-state index contributed by atoms with van der Waals surface area (Å²) in [6, 6.07) is 7.52. The largest absolute Gasteiger partial charge is 0.495 e. The lowest BCUT2D eigenvalue weighted by molar-refractivity contribution is -1.01. The number of hydrogen-bond acceptors (Lipinski definition) is 2. The van der Waals surface area contributed by atoms with Gasteiger partial charge in [0.05, 0.1) is 32.3 Å². The highest BCUT2D eigenvalue weighted by Gasteiger charge is 2.22. The van der Waals surface area contributed by atoms with Gasteiger partial charge < -0.3 is 19.9 Å². The van der Waals surface area contributed by atoms with Crippen molar-refractivity contribution in [1.29, 1.82) is 0 Å². The van der Waals surface area contributed by atoms with E-state index in [4.69, 9.17) is 4.74 Å². The summed E-state index contributed by atoms with van der Waals surface area (Å²) in [4.78, 5) is 15.3. The second-order valence-corrected chi connectivity index (χ2v) is 5.60. The lowest BCUT2D eigenvalue weighted by Gasteiger charge is -2.28. The van der Waals surface area contributed by atoms with Crippen LogP contribution in [0, 0.1) is 0 Å². The van der Waals surface area contributed by atoms with Crippen LogP contribution in [0.15, 0.2) is 24.3 Å². The Morgan fingerprint density at radius 2 is 1.86 bits per heavy atom. The van der Waals surface area contributed by atoms with Crippen LogP contribution in [-0.4, -0.2) is 52.3 Å². The number of anilines is 1. The molecular weight excluding hydrogens is 266 g/mol. The van der Waals surface area contributed by atoms with Crippen LogP contribution in [0.2, 0.25) is 0 Å². The molecule has 0 bridgehead atoms. The van der Waals surface area contributed by atoms with E-state index < -0.39 is 0 Å². The average Bonchev–Trinajstić information content (AvgIpc) is 2.54. The molecule has 1 aliphatic heterocycles. The van der Waals surface area contributed by atoms with Gasteiger partial charge in [-0.15, -0.1) is 0 Å². The lowest BCUT2D eigenvalue weighted by atomic mass is 10.2. The van der Waals surface area contributed by atoms with Crippen molar-refractivity contribution < 1.29 is 19.3 Å². The van der Waals surface area contributed by atoms with Crippen molar-refractivity contribution in [3.63, 3.8) is 0 Å². The summed E-state index contributed by atoms with van der Waals surface area (Å²) in [7, 11) is 1.62. The molecule has 0 atom stereocenters. The number of carbonyl (C=O) groups is 1. The van der Waals surface area contributed by atoms with Gasteiger partial charge in [-0.05, 0) is 19.1 Å². The molecule has 1 aromatic rings. The summed E-state index contributed by atoms with van der Waals surface area (Å²) in [5, 5.41) is 2.94. The number of benzene rings is 1. The van der Waals surface area contributed by atoms with Gasteiger partial charge in [0.25, 0.3) is 0 Å². The minimum Gasteiger partial charge on any atom is -0.495 e. The standard InChI is InChI=1S/C16H25N3O2/c1-3-18-10-12-19(13-11-18)9-8-16(20)17-14-6-4-5-7-15(14)21-2/h4-7H,3,8-13H2,1-2H3,(H,17,20)/p+2. The number of quaternary nitrogens is 2. The molecule has 5 heteroatoms. The molecule has 0 aromatic heterocycles. The van der Waals surface area contributed by atoms with E-state index >= 15 is 0 Å². The molecule has 2 rings (SSSR count). The highest BCUT2D eigenvalue weighted by molar-refractivity contribution is 5.92. The maximum Gasteiger partial charge on any atom is 0.230 e. The van der Waals surface area contributed by atoms with E-state index in [2.05, 4.69) is 12.2 Å². The van der Waals surface area contributed by atoms with E-state index in [1.54, 1.807) is 16.9 Å². The van der Waals surface area contributed by atoms with E-state index in [1.165, 1.54) is 32.7 Å². The van der Waals surface area contributed by atoms with Crippen molar-refractivity contribution in [3.8, 4) is 5.75 Å². The maximum absolute atomic E-state index is 12.1. The van der Waals surface area contributed by atoms with Crippen LogP contribution in [0.1, 0.15) is 13.3 Å². The molecule has 1 aliphatic rings. The summed E-state index contributed by atoms with van der Waals surface area (Å²) >= 11 is 0. The van der Waals surface area contributed by atoms with Crippen LogP contribution in [0.5, 0.6) is 5.75 Å². The number of methoxy groups -OCH3 is 1. The topological polar surface area (TPSA) is 47.2 Å². The normalized spacial score (nSPS) is 21.8. The highest BCUT2D eigenvalue weighted by Crippen LogP contribution is 2.22. The summed E-state index contributed by atoms with van der Waals surface area (Å²) in [6.07, 6.45) is 0.564. The average molecular weight is 293 g/mol. The van der Waals surface area contributed by atoms with Gasteiger partial charge in [0.15, 0.2) is 0 Å². The molecule has 116 valence electrons. The lowest BCUT2D eigenvalue weighted by Crippen LogP contribution is -3.28. The Balaban J connectivity index is 1.75. The van der Waals surface area contributed by atoms with E-state index in [0.29, 0.717) is 12.2 Å². The van der Waals surface area contributed by atoms with Gasteiger partial charge in [-0.1, -0.05) is 12.1 Å². The van der Waals surface area contributed by atoms with Gasteiger partial charge in [0.2, 0.25) is 5.91 Å². The zero-order chi connectivity index (χ0) is 15.1. The van der Waals surface area contributed by atoms with Gasteiger partial charge >= 0.3 is 0 Å². The van der Waals surface area contributed by atoms with E-state index in [0.717, 1.165) is 12.2 Å². The second-order valence-electron chi connectivity index (χ2n) is 5.60. The van der Waals surface area contributed by atoms with Gasteiger partial charge in [-0.25, -0.2) is 0 Å². The third-order valence-corrected chi connectivity index (χ3v) is 4.25. The van der Waals surface area contributed by atoms with E-state index in [1.807, 2.05) is 24.3 Å². The summed E-state index contributed by atoms with van der Waals surface area (Å²) < 4.78 is 5.24. The number of para-hydroxylation sites is 2. The number of piperazine rings is 1. The summed E-state index contributed by atoms with van der Waals surface area (Å²) in [5.41, 5.74) is 0.750. The van der Waals surface area contributed by atoms with Gasteiger partial charge in [-0.2, -0.15) is 0 Å². The second kappa shape index (κ2) is 8.00. The van der Waals surface area contributed by atoms with Crippen molar-refractivity contribution in [1.82, 2.24) is 0 Å². The van der Waals surface area contributed by atoms with Crippen molar-refractivity contribution >= 4 is 11.6 Å². The molecular formula is C16H27N3O2+2. The van der Waals surface area contributed by atoms with Gasteiger partial charge in [0, 0.05) is 0 Å².